The number of aliphatic carboxylic acids is 1. The van der Waals surface area contributed by atoms with Gasteiger partial charge in [0, 0.05) is 13.1 Å². The molecule has 90 valence electrons. The van der Waals surface area contributed by atoms with Gasteiger partial charge in [-0.1, -0.05) is 0 Å². The van der Waals surface area contributed by atoms with E-state index >= 15 is 0 Å². The molecule has 0 aromatic rings. The van der Waals surface area contributed by atoms with Crippen LogP contribution in [0.15, 0.2) is 0 Å². The number of amides is 2. The van der Waals surface area contributed by atoms with Crippen LogP contribution >= 0.6 is 0 Å². The highest BCUT2D eigenvalue weighted by Gasteiger charge is 2.51. The lowest BCUT2D eigenvalue weighted by atomic mass is 10.3. The molecule has 0 bridgehead atoms. The first-order valence-corrected chi connectivity index (χ1v) is 5.27. The first-order chi connectivity index (χ1) is 7.62. The molecule has 2 rings (SSSR count). The van der Waals surface area contributed by atoms with E-state index in [1.807, 2.05) is 0 Å². The molecule has 1 saturated carbocycles. The number of carboxylic acids is 1. The van der Waals surface area contributed by atoms with Crippen molar-refractivity contribution in [2.24, 2.45) is 0 Å². The van der Waals surface area contributed by atoms with Gasteiger partial charge in [-0.2, -0.15) is 0 Å². The van der Waals surface area contributed by atoms with E-state index in [-0.39, 0.29) is 0 Å². The maximum Gasteiger partial charge on any atom is 0.330 e. The average molecular weight is 229 g/mol. The molecule has 1 aliphatic carbocycles. The largest absolute Gasteiger partial charge is 0.480 e. The lowest BCUT2D eigenvalue weighted by Crippen LogP contribution is -2.55. The highest BCUT2D eigenvalue weighted by molar-refractivity contribution is 5.88. The number of hydrogen-bond donors (Lipinski definition) is 3. The maximum absolute atomic E-state index is 11.5. The number of carbonyl (C=O) groups excluding carboxylic acids is 1. The van der Waals surface area contributed by atoms with Crippen molar-refractivity contribution in [3.8, 4) is 0 Å². The molecule has 3 N–H and O–H groups in total. The topological polar surface area (TPSA) is 90.9 Å². The Kier molecular flexibility index (Phi) is 2.97. The Hall–Kier alpha value is -1.34. The van der Waals surface area contributed by atoms with Crippen LogP contribution in [0.1, 0.15) is 12.8 Å². The van der Waals surface area contributed by atoms with Crippen LogP contribution < -0.4 is 10.7 Å². The van der Waals surface area contributed by atoms with Crippen molar-refractivity contribution < 1.29 is 19.4 Å². The molecular formula is C9H15N3O4. The molecule has 2 aliphatic rings. The Labute approximate surface area is 92.7 Å². The second kappa shape index (κ2) is 4.26. The summed E-state index contributed by atoms with van der Waals surface area (Å²) in [5, 5.41) is 13.1. The van der Waals surface area contributed by atoms with E-state index in [9.17, 15) is 9.59 Å². The van der Waals surface area contributed by atoms with Crippen molar-refractivity contribution in [2.45, 2.75) is 18.4 Å². The summed E-state index contributed by atoms with van der Waals surface area (Å²) >= 11 is 0. The highest BCUT2D eigenvalue weighted by Crippen LogP contribution is 2.35. The van der Waals surface area contributed by atoms with Crippen LogP contribution in [-0.2, 0) is 9.53 Å². The number of ether oxygens (including phenoxy) is 1. The quantitative estimate of drug-likeness (QED) is 0.586. The predicted octanol–water partition coefficient (Wildman–Crippen LogP) is -0.850. The van der Waals surface area contributed by atoms with E-state index < -0.39 is 17.5 Å². The fourth-order valence-corrected chi connectivity index (χ4v) is 1.58. The molecule has 2 amide bonds. The molecular weight excluding hydrogens is 214 g/mol. The second-order valence-electron chi connectivity index (χ2n) is 4.05. The molecule has 1 aliphatic heterocycles. The third-order valence-electron chi connectivity index (χ3n) is 2.78. The smallest absolute Gasteiger partial charge is 0.330 e. The first-order valence-electron chi connectivity index (χ1n) is 5.27. The second-order valence-corrected chi connectivity index (χ2v) is 4.05. The lowest BCUT2D eigenvalue weighted by Gasteiger charge is -2.27. The molecule has 1 saturated heterocycles. The Morgan fingerprint density at radius 2 is 1.88 bits per heavy atom. The lowest BCUT2D eigenvalue weighted by molar-refractivity contribution is -0.140. The van der Waals surface area contributed by atoms with Crippen LogP contribution in [0.25, 0.3) is 0 Å². The molecule has 16 heavy (non-hydrogen) atoms. The van der Waals surface area contributed by atoms with Gasteiger partial charge in [-0.25, -0.2) is 14.6 Å². The van der Waals surface area contributed by atoms with Crippen molar-refractivity contribution in [1.29, 1.82) is 0 Å². The molecule has 2 fully saturated rings. The van der Waals surface area contributed by atoms with Crippen LogP contribution in [0.3, 0.4) is 0 Å². The minimum Gasteiger partial charge on any atom is -0.480 e. The summed E-state index contributed by atoms with van der Waals surface area (Å²) in [5.41, 5.74) is 1.58. The first kappa shape index (κ1) is 11.2. The minimum atomic E-state index is -1.03. The summed E-state index contributed by atoms with van der Waals surface area (Å²) < 4.78 is 5.13. The summed E-state index contributed by atoms with van der Waals surface area (Å²) in [4.78, 5) is 22.3. The average Bonchev–Trinajstić information content (AvgIpc) is 3.00. The van der Waals surface area contributed by atoms with Crippen LogP contribution in [0, 0.1) is 0 Å². The van der Waals surface area contributed by atoms with E-state index in [2.05, 4.69) is 10.7 Å². The molecule has 0 radical (unpaired) electrons. The molecule has 7 heteroatoms. The molecule has 7 nitrogen and oxygen atoms in total. The molecule has 0 aromatic carbocycles. The number of nitrogens with one attached hydrogen (secondary N) is 2. The zero-order chi connectivity index (χ0) is 11.6. The van der Waals surface area contributed by atoms with Crippen molar-refractivity contribution in [2.75, 3.05) is 26.3 Å². The standard InChI is InChI=1S/C9H15N3O4/c13-7(14)9(1-2-9)10-8(15)11-12-3-5-16-6-4-12/h1-6H2,(H,13,14)(H2,10,11,15). The fourth-order valence-electron chi connectivity index (χ4n) is 1.58. The fraction of sp³-hybridized carbons (Fsp3) is 0.778. The molecule has 1 heterocycles. The van der Waals surface area contributed by atoms with Crippen molar-refractivity contribution in [3.05, 3.63) is 0 Å². The number of morpholine rings is 1. The third-order valence-corrected chi connectivity index (χ3v) is 2.78. The van der Waals surface area contributed by atoms with Gasteiger partial charge in [0.05, 0.1) is 13.2 Å². The molecule has 0 spiro atoms. The number of urea groups is 1. The summed E-state index contributed by atoms with van der Waals surface area (Å²) in [6.45, 7) is 2.38. The Balaban J connectivity index is 1.78. The Morgan fingerprint density at radius 3 is 2.38 bits per heavy atom. The van der Waals surface area contributed by atoms with Gasteiger partial charge in [-0.15, -0.1) is 0 Å². The number of carbonyl (C=O) groups is 2. The van der Waals surface area contributed by atoms with Gasteiger partial charge in [0.25, 0.3) is 0 Å². The van der Waals surface area contributed by atoms with Gasteiger partial charge < -0.3 is 15.2 Å². The van der Waals surface area contributed by atoms with Crippen LogP contribution in [0.4, 0.5) is 4.79 Å². The van der Waals surface area contributed by atoms with Crippen LogP contribution in [0.5, 0.6) is 0 Å². The number of hydrazine groups is 1. The Bertz CT molecular complexity index is 297. The van der Waals surface area contributed by atoms with Crippen LogP contribution in [-0.4, -0.2) is 54.0 Å². The molecule has 0 aromatic heterocycles. The molecule has 0 atom stereocenters. The number of carboxylic acid groups (broad SMARTS) is 1. The van der Waals surface area contributed by atoms with Crippen molar-refractivity contribution >= 4 is 12.0 Å². The van der Waals surface area contributed by atoms with Gasteiger partial charge in [0.2, 0.25) is 0 Å². The zero-order valence-corrected chi connectivity index (χ0v) is 8.86. The van der Waals surface area contributed by atoms with Gasteiger partial charge in [-0.3, -0.25) is 5.43 Å². The SMILES string of the molecule is O=C(NN1CCOCC1)NC1(C(=O)O)CC1. The highest BCUT2D eigenvalue weighted by atomic mass is 16.5. The number of hydrogen-bond acceptors (Lipinski definition) is 4. The number of rotatable bonds is 3. The third kappa shape index (κ3) is 2.42. The van der Waals surface area contributed by atoms with E-state index in [1.54, 1.807) is 5.01 Å². The van der Waals surface area contributed by atoms with E-state index in [0.717, 1.165) is 0 Å². The van der Waals surface area contributed by atoms with E-state index in [4.69, 9.17) is 9.84 Å². The summed E-state index contributed by atoms with van der Waals surface area (Å²) in [7, 11) is 0. The normalized spacial score (nSPS) is 23.5. The summed E-state index contributed by atoms with van der Waals surface area (Å²) in [6.07, 6.45) is 0.998. The van der Waals surface area contributed by atoms with E-state index in [0.29, 0.717) is 39.1 Å². The van der Waals surface area contributed by atoms with Crippen molar-refractivity contribution in [1.82, 2.24) is 15.8 Å². The van der Waals surface area contributed by atoms with Crippen molar-refractivity contribution in [3.63, 3.8) is 0 Å². The van der Waals surface area contributed by atoms with Gasteiger partial charge in [0.15, 0.2) is 0 Å². The summed E-state index contributed by atoms with van der Waals surface area (Å²) in [6, 6.07) is -0.457. The van der Waals surface area contributed by atoms with Gasteiger partial charge >= 0.3 is 12.0 Å². The van der Waals surface area contributed by atoms with E-state index in [1.165, 1.54) is 0 Å². The minimum absolute atomic E-state index is 0.457. The Morgan fingerprint density at radius 1 is 1.25 bits per heavy atom. The number of nitrogens with zero attached hydrogens (tertiary/aromatic N) is 1. The van der Waals surface area contributed by atoms with Gasteiger partial charge in [0.1, 0.15) is 5.54 Å². The zero-order valence-electron chi connectivity index (χ0n) is 8.86. The van der Waals surface area contributed by atoms with Gasteiger partial charge in [-0.05, 0) is 12.8 Å². The monoisotopic (exact) mass is 229 g/mol. The molecule has 0 unspecified atom stereocenters. The maximum atomic E-state index is 11.5. The predicted molar refractivity (Wildman–Crippen MR) is 53.7 cm³/mol. The summed E-state index contributed by atoms with van der Waals surface area (Å²) in [5.74, 6) is -0.968. The van der Waals surface area contributed by atoms with Crippen LogP contribution in [0.2, 0.25) is 0 Å².